The highest BCUT2D eigenvalue weighted by atomic mass is 79.9. The predicted octanol–water partition coefficient (Wildman–Crippen LogP) is 2.77. The van der Waals surface area contributed by atoms with Gasteiger partial charge in [0, 0.05) is 29.6 Å². The fourth-order valence-electron chi connectivity index (χ4n) is 2.45. The molecule has 1 aliphatic rings. The van der Waals surface area contributed by atoms with Crippen LogP contribution in [-0.4, -0.2) is 31.2 Å². The number of nitrogens with two attached hydrogens (primary N) is 1. The molecule has 0 saturated carbocycles. The Kier molecular flexibility index (Phi) is 6.86. The molecule has 1 aliphatic heterocycles. The maximum Gasteiger partial charge on any atom is 0.240 e. The van der Waals surface area contributed by atoms with Crippen molar-refractivity contribution >= 4 is 34.2 Å². The average Bonchev–Trinajstić information content (AvgIpc) is 2.45. The number of rotatable bonds is 4. The first-order valence-corrected chi connectivity index (χ1v) is 8.04. The number of amides is 1. The molecule has 1 saturated heterocycles. The van der Waals surface area contributed by atoms with Crippen LogP contribution < -0.4 is 11.1 Å². The van der Waals surface area contributed by atoms with Gasteiger partial charge >= 0.3 is 0 Å². The van der Waals surface area contributed by atoms with E-state index in [9.17, 15) is 4.79 Å². The Morgan fingerprint density at radius 3 is 2.64 bits per heavy atom. The van der Waals surface area contributed by atoms with Crippen LogP contribution in [0.2, 0.25) is 0 Å². The van der Waals surface area contributed by atoms with Crippen LogP contribution in [0.25, 0.3) is 0 Å². The van der Waals surface area contributed by atoms with E-state index in [-0.39, 0.29) is 23.7 Å². The van der Waals surface area contributed by atoms with Gasteiger partial charge in [-0.3, -0.25) is 4.79 Å². The monoisotopic (exact) mass is 390 g/mol. The lowest BCUT2D eigenvalue weighted by Gasteiger charge is -2.34. The Morgan fingerprint density at radius 1 is 1.41 bits per heavy atom. The van der Waals surface area contributed by atoms with Gasteiger partial charge in [0.15, 0.2) is 0 Å². The fourth-order valence-corrected chi connectivity index (χ4v) is 2.85. The maximum atomic E-state index is 12.4. The smallest absolute Gasteiger partial charge is 0.240 e. The molecule has 0 aromatic heterocycles. The molecule has 1 amide bonds. The zero-order valence-corrected chi connectivity index (χ0v) is 15.4. The van der Waals surface area contributed by atoms with Crippen LogP contribution in [0.15, 0.2) is 28.7 Å². The molecule has 6 heteroatoms. The zero-order valence-electron chi connectivity index (χ0n) is 13.0. The van der Waals surface area contributed by atoms with Gasteiger partial charge < -0.3 is 15.8 Å². The number of carbonyl (C=O) groups excluding carboxylic acids is 1. The standard InChI is InChI=1S/C16H23BrN2O2.ClH/c1-15(2,12-4-3-5-13(17)10-12)11-19-14(20)16(18)6-8-21-9-7-16;/h3-5,10H,6-9,11,18H2,1-2H3,(H,19,20);1H. The summed E-state index contributed by atoms with van der Waals surface area (Å²) in [5, 5.41) is 3.02. The first-order chi connectivity index (χ1) is 9.83. The highest BCUT2D eigenvalue weighted by Crippen LogP contribution is 2.25. The van der Waals surface area contributed by atoms with Crippen molar-refractivity contribution in [2.24, 2.45) is 5.73 Å². The molecule has 2 rings (SSSR count). The van der Waals surface area contributed by atoms with Crippen LogP contribution in [0.3, 0.4) is 0 Å². The van der Waals surface area contributed by atoms with Crippen molar-refractivity contribution in [2.75, 3.05) is 19.8 Å². The van der Waals surface area contributed by atoms with E-state index in [1.165, 1.54) is 5.56 Å². The topological polar surface area (TPSA) is 64.4 Å². The molecule has 22 heavy (non-hydrogen) atoms. The van der Waals surface area contributed by atoms with E-state index in [0.29, 0.717) is 32.6 Å². The Balaban J connectivity index is 0.00000242. The summed E-state index contributed by atoms with van der Waals surface area (Å²) in [6.45, 7) is 5.89. The first-order valence-electron chi connectivity index (χ1n) is 7.24. The summed E-state index contributed by atoms with van der Waals surface area (Å²) in [4.78, 5) is 12.4. The Morgan fingerprint density at radius 2 is 2.05 bits per heavy atom. The van der Waals surface area contributed by atoms with Gasteiger partial charge in [0.2, 0.25) is 5.91 Å². The third-order valence-electron chi connectivity index (χ3n) is 4.13. The van der Waals surface area contributed by atoms with Crippen LogP contribution in [0.1, 0.15) is 32.3 Å². The number of benzene rings is 1. The molecular weight excluding hydrogens is 368 g/mol. The maximum absolute atomic E-state index is 12.4. The van der Waals surface area contributed by atoms with Gasteiger partial charge in [-0.1, -0.05) is 41.9 Å². The average molecular weight is 392 g/mol. The van der Waals surface area contributed by atoms with Crippen LogP contribution in [0.5, 0.6) is 0 Å². The van der Waals surface area contributed by atoms with Gasteiger partial charge in [-0.05, 0) is 30.5 Å². The minimum absolute atomic E-state index is 0. The summed E-state index contributed by atoms with van der Waals surface area (Å²) in [5.41, 5.74) is 6.43. The van der Waals surface area contributed by atoms with Crippen LogP contribution in [0.4, 0.5) is 0 Å². The Labute approximate surface area is 146 Å². The van der Waals surface area contributed by atoms with Crippen molar-refractivity contribution in [1.82, 2.24) is 5.32 Å². The first kappa shape index (κ1) is 19.4. The van der Waals surface area contributed by atoms with E-state index >= 15 is 0 Å². The van der Waals surface area contributed by atoms with Gasteiger partial charge in [0.05, 0.1) is 5.54 Å². The second-order valence-electron chi connectivity index (χ2n) is 6.35. The van der Waals surface area contributed by atoms with Gasteiger partial charge in [-0.2, -0.15) is 0 Å². The van der Waals surface area contributed by atoms with Gasteiger partial charge in [0.1, 0.15) is 0 Å². The minimum Gasteiger partial charge on any atom is -0.381 e. The molecule has 0 bridgehead atoms. The van der Waals surface area contributed by atoms with Crippen molar-refractivity contribution in [3.8, 4) is 0 Å². The lowest BCUT2D eigenvalue weighted by Crippen LogP contribution is -2.58. The third kappa shape index (κ3) is 4.69. The number of nitrogens with one attached hydrogen (secondary N) is 1. The molecule has 1 heterocycles. The highest BCUT2D eigenvalue weighted by molar-refractivity contribution is 9.10. The molecule has 0 atom stereocenters. The van der Waals surface area contributed by atoms with Gasteiger partial charge in [-0.25, -0.2) is 0 Å². The van der Waals surface area contributed by atoms with Gasteiger partial charge in [0.25, 0.3) is 0 Å². The lowest BCUT2D eigenvalue weighted by atomic mass is 9.84. The van der Waals surface area contributed by atoms with Crippen LogP contribution >= 0.6 is 28.3 Å². The number of ether oxygens (including phenoxy) is 1. The second-order valence-corrected chi connectivity index (χ2v) is 7.26. The third-order valence-corrected chi connectivity index (χ3v) is 4.63. The quantitative estimate of drug-likeness (QED) is 0.829. The van der Waals surface area contributed by atoms with Crippen molar-refractivity contribution < 1.29 is 9.53 Å². The molecule has 4 nitrogen and oxygen atoms in total. The summed E-state index contributed by atoms with van der Waals surface area (Å²) >= 11 is 3.48. The zero-order chi connectivity index (χ0) is 15.5. The molecule has 0 unspecified atom stereocenters. The largest absolute Gasteiger partial charge is 0.381 e. The normalized spacial score (nSPS) is 17.5. The van der Waals surface area contributed by atoms with E-state index in [0.717, 1.165) is 4.47 Å². The Hall–Kier alpha value is -0.620. The van der Waals surface area contributed by atoms with E-state index < -0.39 is 5.54 Å². The number of hydrogen-bond acceptors (Lipinski definition) is 3. The minimum atomic E-state index is -0.786. The van der Waals surface area contributed by atoms with Crippen molar-refractivity contribution in [3.05, 3.63) is 34.3 Å². The molecular formula is C16H24BrClN2O2. The molecule has 1 fully saturated rings. The number of hydrogen-bond donors (Lipinski definition) is 2. The van der Waals surface area contributed by atoms with E-state index in [4.69, 9.17) is 10.5 Å². The Bertz CT molecular complexity index is 517. The summed E-state index contributed by atoms with van der Waals surface area (Å²) < 4.78 is 6.32. The summed E-state index contributed by atoms with van der Waals surface area (Å²) in [7, 11) is 0. The number of carbonyl (C=O) groups is 1. The fraction of sp³-hybridized carbons (Fsp3) is 0.562. The van der Waals surface area contributed by atoms with Crippen LogP contribution in [-0.2, 0) is 14.9 Å². The van der Waals surface area contributed by atoms with Crippen LogP contribution in [0, 0.1) is 0 Å². The summed E-state index contributed by atoms with van der Waals surface area (Å²) in [5.74, 6) is -0.0751. The molecule has 0 spiro atoms. The molecule has 1 aromatic rings. The summed E-state index contributed by atoms with van der Waals surface area (Å²) in [6.07, 6.45) is 1.16. The van der Waals surface area contributed by atoms with E-state index in [2.05, 4.69) is 47.2 Å². The second kappa shape index (κ2) is 7.77. The predicted molar refractivity (Wildman–Crippen MR) is 94.4 cm³/mol. The SMILES string of the molecule is CC(C)(CNC(=O)C1(N)CCOCC1)c1cccc(Br)c1.Cl. The van der Waals surface area contributed by atoms with Crippen molar-refractivity contribution in [1.29, 1.82) is 0 Å². The van der Waals surface area contributed by atoms with Crippen molar-refractivity contribution in [2.45, 2.75) is 37.6 Å². The molecule has 0 aliphatic carbocycles. The van der Waals surface area contributed by atoms with E-state index in [1.54, 1.807) is 0 Å². The van der Waals surface area contributed by atoms with Gasteiger partial charge in [-0.15, -0.1) is 12.4 Å². The lowest BCUT2D eigenvalue weighted by molar-refractivity contribution is -0.130. The molecule has 3 N–H and O–H groups in total. The van der Waals surface area contributed by atoms with E-state index in [1.807, 2.05) is 12.1 Å². The van der Waals surface area contributed by atoms with Crippen molar-refractivity contribution in [3.63, 3.8) is 0 Å². The molecule has 1 aromatic carbocycles. The highest BCUT2D eigenvalue weighted by Gasteiger charge is 2.36. The number of halogens is 2. The molecule has 124 valence electrons. The summed E-state index contributed by atoms with van der Waals surface area (Å²) in [6, 6.07) is 8.16. The molecule has 0 radical (unpaired) electrons.